The van der Waals surface area contributed by atoms with Gasteiger partial charge in [0.15, 0.2) is 0 Å². The number of carbonyl (C=O) groups excluding carboxylic acids is 3. The number of imide groups is 1. The van der Waals surface area contributed by atoms with Crippen LogP contribution in [0.3, 0.4) is 0 Å². The summed E-state index contributed by atoms with van der Waals surface area (Å²) in [6.45, 7) is 0.00877. The van der Waals surface area contributed by atoms with Crippen LogP contribution >= 0.6 is 11.3 Å². The lowest BCUT2D eigenvalue weighted by atomic mass is 9.98. The van der Waals surface area contributed by atoms with E-state index in [2.05, 4.69) is 15.3 Å². The number of carbonyl (C=O) groups is 3. The normalized spacial score (nSPS) is 17.0. The minimum absolute atomic E-state index is 0.0493. The van der Waals surface area contributed by atoms with Crippen molar-refractivity contribution < 1.29 is 19.1 Å². The Morgan fingerprint density at radius 3 is 2.68 bits per heavy atom. The predicted octanol–water partition coefficient (Wildman–Crippen LogP) is 3.34. The van der Waals surface area contributed by atoms with Crippen LogP contribution in [0.5, 0.6) is 0 Å². The average Bonchev–Trinajstić information content (AvgIpc) is 3.53. The molecule has 10 heteroatoms. The number of urea groups is 1. The molecule has 0 bridgehead atoms. The van der Waals surface area contributed by atoms with Crippen LogP contribution in [0.1, 0.15) is 44.3 Å². The standard InChI is InChI=1S/C24H24N4O5S/c29-19(9-6-12-28-22(31)24(27-23(28)32)10-4-5-11-24)33-14-18-25-20(30)16-13-17(34-21(16)26-18)15-7-2-1-3-8-15/h1-3,7-8,13H,4-6,9-12,14H2,(H,27,32)(H,25,26,30). The predicted molar refractivity (Wildman–Crippen MR) is 126 cm³/mol. The lowest BCUT2D eigenvalue weighted by Gasteiger charge is -2.19. The van der Waals surface area contributed by atoms with Crippen molar-refractivity contribution in [2.24, 2.45) is 0 Å². The first-order chi connectivity index (χ1) is 16.4. The van der Waals surface area contributed by atoms with Gasteiger partial charge in [0.05, 0.1) is 5.39 Å². The lowest BCUT2D eigenvalue weighted by molar-refractivity contribution is -0.145. The van der Waals surface area contributed by atoms with Crippen molar-refractivity contribution in [2.45, 2.75) is 50.7 Å². The zero-order valence-electron chi connectivity index (χ0n) is 18.5. The van der Waals surface area contributed by atoms with Gasteiger partial charge in [0.1, 0.15) is 22.8 Å². The third kappa shape index (κ3) is 4.21. The summed E-state index contributed by atoms with van der Waals surface area (Å²) in [6.07, 6.45) is 3.54. The molecule has 2 aliphatic rings. The van der Waals surface area contributed by atoms with Crippen LogP contribution in [0.2, 0.25) is 0 Å². The lowest BCUT2D eigenvalue weighted by Crippen LogP contribution is -2.44. The highest BCUT2D eigenvalue weighted by atomic mass is 32.1. The topological polar surface area (TPSA) is 121 Å². The van der Waals surface area contributed by atoms with Crippen molar-refractivity contribution in [1.82, 2.24) is 20.2 Å². The van der Waals surface area contributed by atoms with Crippen molar-refractivity contribution in [1.29, 1.82) is 0 Å². The number of ether oxygens (including phenoxy) is 1. The Balaban J connectivity index is 1.16. The minimum atomic E-state index is -0.740. The molecule has 2 aromatic heterocycles. The van der Waals surface area contributed by atoms with Gasteiger partial charge < -0.3 is 15.0 Å². The van der Waals surface area contributed by atoms with E-state index in [1.807, 2.05) is 36.4 Å². The molecule has 1 saturated carbocycles. The highest BCUT2D eigenvalue weighted by Gasteiger charge is 2.52. The number of amides is 3. The first kappa shape index (κ1) is 22.3. The second-order valence-electron chi connectivity index (χ2n) is 8.65. The van der Waals surface area contributed by atoms with E-state index in [9.17, 15) is 19.2 Å². The smallest absolute Gasteiger partial charge is 0.325 e. The van der Waals surface area contributed by atoms with Crippen LogP contribution < -0.4 is 10.9 Å². The van der Waals surface area contributed by atoms with Gasteiger partial charge in [-0.2, -0.15) is 0 Å². The minimum Gasteiger partial charge on any atom is -0.458 e. The Hall–Kier alpha value is -3.53. The molecule has 1 aromatic carbocycles. The van der Waals surface area contributed by atoms with Gasteiger partial charge in [-0.25, -0.2) is 9.78 Å². The SMILES string of the molecule is O=C(CCCN1C(=O)NC2(CCCC2)C1=O)OCc1nc2sc(-c3ccccc3)cc2c(=O)[nH]1. The van der Waals surface area contributed by atoms with Crippen LogP contribution in [-0.2, 0) is 20.9 Å². The fraction of sp³-hybridized carbons (Fsp3) is 0.375. The Morgan fingerprint density at radius 2 is 1.91 bits per heavy atom. The maximum atomic E-state index is 12.6. The summed E-state index contributed by atoms with van der Waals surface area (Å²) in [6, 6.07) is 11.1. The zero-order valence-corrected chi connectivity index (χ0v) is 19.3. The molecule has 2 N–H and O–H groups in total. The van der Waals surface area contributed by atoms with E-state index in [0.717, 1.165) is 23.3 Å². The highest BCUT2D eigenvalue weighted by molar-refractivity contribution is 7.21. The summed E-state index contributed by atoms with van der Waals surface area (Å²) >= 11 is 1.40. The molecule has 34 heavy (non-hydrogen) atoms. The third-order valence-electron chi connectivity index (χ3n) is 6.35. The fourth-order valence-electron chi connectivity index (χ4n) is 4.59. The molecule has 9 nitrogen and oxygen atoms in total. The van der Waals surface area contributed by atoms with Gasteiger partial charge in [-0.3, -0.25) is 19.3 Å². The Bertz CT molecular complexity index is 1310. The number of aromatic amines is 1. The number of benzene rings is 1. The van der Waals surface area contributed by atoms with Crippen LogP contribution in [0.4, 0.5) is 4.79 Å². The summed E-state index contributed by atoms with van der Waals surface area (Å²) in [5, 5.41) is 3.32. The number of rotatable bonds is 7. The van der Waals surface area contributed by atoms with Crippen molar-refractivity contribution in [3.05, 3.63) is 52.6 Å². The molecule has 0 atom stereocenters. The molecule has 5 rings (SSSR count). The highest BCUT2D eigenvalue weighted by Crippen LogP contribution is 2.35. The van der Waals surface area contributed by atoms with Gasteiger partial charge in [-0.05, 0) is 30.9 Å². The van der Waals surface area contributed by atoms with E-state index in [1.165, 1.54) is 16.2 Å². The van der Waals surface area contributed by atoms with Crippen molar-refractivity contribution in [2.75, 3.05) is 6.54 Å². The van der Waals surface area contributed by atoms with Crippen LogP contribution in [0, 0.1) is 0 Å². The molecule has 0 unspecified atom stereocenters. The number of H-pyrrole nitrogens is 1. The third-order valence-corrected chi connectivity index (χ3v) is 7.42. The monoisotopic (exact) mass is 480 g/mol. The molecule has 2 fully saturated rings. The van der Waals surface area contributed by atoms with Crippen molar-refractivity contribution in [3.63, 3.8) is 0 Å². The fourth-order valence-corrected chi connectivity index (χ4v) is 5.64. The molecule has 1 aliphatic heterocycles. The zero-order chi connectivity index (χ0) is 23.7. The van der Waals surface area contributed by atoms with Gasteiger partial charge in [0, 0.05) is 17.8 Å². The van der Waals surface area contributed by atoms with E-state index in [1.54, 1.807) is 0 Å². The summed E-state index contributed by atoms with van der Waals surface area (Å²) in [7, 11) is 0. The first-order valence-corrected chi connectivity index (χ1v) is 12.1. The molecular formula is C24H24N4O5S. The van der Waals surface area contributed by atoms with E-state index in [-0.39, 0.29) is 42.9 Å². The Morgan fingerprint density at radius 1 is 1.15 bits per heavy atom. The van der Waals surface area contributed by atoms with E-state index in [4.69, 9.17) is 4.74 Å². The van der Waals surface area contributed by atoms with Gasteiger partial charge in [-0.15, -0.1) is 11.3 Å². The van der Waals surface area contributed by atoms with Crippen LogP contribution in [0.15, 0.2) is 41.2 Å². The molecular weight excluding hydrogens is 456 g/mol. The van der Waals surface area contributed by atoms with E-state index in [0.29, 0.717) is 29.5 Å². The molecule has 3 aromatic rings. The van der Waals surface area contributed by atoms with Gasteiger partial charge in [-0.1, -0.05) is 43.2 Å². The quantitative estimate of drug-likeness (QED) is 0.395. The molecule has 0 radical (unpaired) electrons. The number of hydrogen-bond acceptors (Lipinski definition) is 7. The summed E-state index contributed by atoms with van der Waals surface area (Å²) in [5.41, 5.74) is -0.0218. The largest absolute Gasteiger partial charge is 0.458 e. The molecule has 1 aliphatic carbocycles. The summed E-state index contributed by atoms with van der Waals surface area (Å²) in [5.74, 6) is -0.407. The Labute approximate surface area is 199 Å². The molecule has 176 valence electrons. The van der Waals surface area contributed by atoms with Crippen LogP contribution in [0.25, 0.3) is 20.7 Å². The number of hydrogen-bond donors (Lipinski definition) is 2. The molecule has 1 spiro atoms. The van der Waals surface area contributed by atoms with Gasteiger partial charge >= 0.3 is 12.0 Å². The van der Waals surface area contributed by atoms with Gasteiger partial charge in [0.25, 0.3) is 11.5 Å². The number of aromatic nitrogens is 2. The number of nitrogens with one attached hydrogen (secondary N) is 2. The average molecular weight is 481 g/mol. The van der Waals surface area contributed by atoms with E-state index < -0.39 is 11.5 Å². The number of fused-ring (bicyclic) bond motifs is 1. The number of nitrogens with zero attached hydrogens (tertiary/aromatic N) is 2. The number of thiophene rings is 1. The maximum absolute atomic E-state index is 12.6. The summed E-state index contributed by atoms with van der Waals surface area (Å²) < 4.78 is 5.26. The molecule has 3 amide bonds. The second-order valence-corrected chi connectivity index (χ2v) is 9.68. The van der Waals surface area contributed by atoms with Crippen molar-refractivity contribution in [3.8, 4) is 10.4 Å². The van der Waals surface area contributed by atoms with E-state index >= 15 is 0 Å². The van der Waals surface area contributed by atoms with Crippen molar-refractivity contribution >= 4 is 39.5 Å². The van der Waals surface area contributed by atoms with Gasteiger partial charge in [0.2, 0.25) is 0 Å². The molecule has 3 heterocycles. The van der Waals surface area contributed by atoms with Crippen LogP contribution in [-0.4, -0.2) is 44.9 Å². The first-order valence-electron chi connectivity index (χ1n) is 11.3. The Kier molecular flexibility index (Phi) is 5.91. The second kappa shape index (κ2) is 9.02. The maximum Gasteiger partial charge on any atom is 0.325 e. The molecule has 1 saturated heterocycles. The number of esters is 1. The summed E-state index contributed by atoms with van der Waals surface area (Å²) in [4.78, 5) is 59.3.